The third-order valence-electron chi connectivity index (χ3n) is 17.9. The molecule has 0 saturated carbocycles. The summed E-state index contributed by atoms with van der Waals surface area (Å²) in [5.74, 6) is -0.187. The molecule has 114 heavy (non-hydrogen) atoms. The van der Waals surface area contributed by atoms with Gasteiger partial charge in [-0.15, -0.1) is 88.6 Å². The first-order valence-electron chi connectivity index (χ1n) is 35.9. The topological polar surface area (TPSA) is 190 Å². The molecule has 9 aromatic heterocycles. The van der Waals surface area contributed by atoms with E-state index >= 15 is 0 Å². The number of furan rings is 3. The van der Waals surface area contributed by atoms with Crippen LogP contribution in [0.15, 0.2) is 267 Å². The predicted molar refractivity (Wildman–Crippen MR) is 459 cm³/mol. The summed E-state index contributed by atoms with van der Waals surface area (Å²) in [7, 11) is 0. The number of fused-ring (bicyclic) bond motifs is 12. The Morgan fingerprint density at radius 3 is 0.991 bits per heavy atom. The number of benzene rings is 9. The van der Waals surface area contributed by atoms with E-state index in [9.17, 15) is 14.4 Å². The second-order valence-corrected chi connectivity index (χ2v) is 30.5. The zero-order chi connectivity index (χ0) is 78.3. The van der Waals surface area contributed by atoms with E-state index in [2.05, 4.69) is 205 Å². The van der Waals surface area contributed by atoms with Gasteiger partial charge in [0, 0.05) is 125 Å². The van der Waals surface area contributed by atoms with Gasteiger partial charge in [0.05, 0.1) is 34.0 Å². The maximum Gasteiger partial charge on any atom is 0.155 e. The van der Waals surface area contributed by atoms with E-state index in [1.165, 1.54) is 130 Å². The number of aliphatic hydroxyl groups is 3. The molecular formula is C96H78Ir3N3O9S3-3. The molecule has 0 aliphatic rings. The van der Waals surface area contributed by atoms with Gasteiger partial charge in [0.15, 0.2) is 17.3 Å². The van der Waals surface area contributed by atoms with Gasteiger partial charge in [0.1, 0.15) is 31.2 Å². The van der Waals surface area contributed by atoms with E-state index in [1.807, 2.05) is 72.8 Å². The van der Waals surface area contributed by atoms with Gasteiger partial charge in [-0.2, -0.15) is 0 Å². The van der Waals surface area contributed by atoms with Crippen LogP contribution in [0.1, 0.15) is 74.9 Å². The molecular weight excluding hydrogens is 2010 g/mol. The van der Waals surface area contributed by atoms with Crippen LogP contribution in [0.2, 0.25) is 0 Å². The minimum atomic E-state index is -0.125. The fourth-order valence-electron chi connectivity index (χ4n) is 13.5. The first-order valence-corrected chi connectivity index (χ1v) is 38.4. The molecule has 0 aliphatic heterocycles. The molecule has 579 valence electrons. The Labute approximate surface area is 713 Å². The van der Waals surface area contributed by atoms with Crippen molar-refractivity contribution in [2.45, 2.75) is 83.1 Å². The van der Waals surface area contributed by atoms with Crippen LogP contribution in [-0.4, -0.2) is 47.6 Å². The average Bonchev–Trinajstić information content (AvgIpc) is 1.61. The molecule has 0 saturated heterocycles. The van der Waals surface area contributed by atoms with Crippen LogP contribution < -0.4 is 0 Å². The number of hydrogen-bond donors (Lipinski definition) is 3. The Bertz CT molecular complexity index is 6570. The number of allylic oxidation sites excluding steroid dienone is 6. The van der Waals surface area contributed by atoms with Crippen molar-refractivity contribution in [2.24, 2.45) is 0 Å². The van der Waals surface area contributed by atoms with Crippen molar-refractivity contribution in [1.29, 1.82) is 0 Å². The van der Waals surface area contributed by atoms with E-state index in [0.717, 1.165) is 125 Å². The van der Waals surface area contributed by atoms with Crippen molar-refractivity contribution in [3.63, 3.8) is 0 Å². The maximum atomic E-state index is 10.0. The number of carbonyl (C=O) groups is 3. The van der Waals surface area contributed by atoms with Crippen LogP contribution in [0.4, 0.5) is 0 Å². The number of nitrogens with zero attached hydrogens (tertiary/aromatic N) is 3. The van der Waals surface area contributed by atoms with Crippen molar-refractivity contribution >= 4 is 148 Å². The van der Waals surface area contributed by atoms with Crippen molar-refractivity contribution in [2.75, 3.05) is 0 Å². The van der Waals surface area contributed by atoms with Crippen LogP contribution in [0.3, 0.4) is 0 Å². The molecule has 18 rings (SSSR count). The molecule has 0 bridgehead atoms. The monoisotopic (exact) mass is 2090 g/mol. The number of aromatic nitrogens is 3. The SMILES string of the molecule is CC(=O)C=C(C)O.CC(=O)C=C(C)O.CC(=O)C=C(C)O.Cc1cc(C)c(-c2cc3ccc(-c4[c-]ccc5c4oc4ccccc45)nc3s2)c(C)c1.Cc1cc(C)cc(-c2cc3ccc(-c4[c-]ccc5c4oc4ccccc45)nc3s2)c1.Cc1ccc(-c2cc3ccc(-c4[c-]ccc5c4oc4ccccc45)nc3s2)cc1.[Ir].[Ir].[Ir]. The zero-order valence-electron chi connectivity index (χ0n) is 64.4. The summed E-state index contributed by atoms with van der Waals surface area (Å²) in [4.78, 5) is 51.8. The molecule has 3 radical (unpaired) electrons. The summed E-state index contributed by atoms with van der Waals surface area (Å²) in [6.45, 7) is 21.5. The molecule has 18 heteroatoms. The summed E-state index contributed by atoms with van der Waals surface area (Å²) >= 11 is 5.20. The molecule has 9 aromatic carbocycles. The number of para-hydroxylation sites is 3. The van der Waals surface area contributed by atoms with E-state index in [1.54, 1.807) is 34.0 Å². The molecule has 18 aromatic rings. The van der Waals surface area contributed by atoms with Crippen molar-refractivity contribution < 1.29 is 103 Å². The number of ketones is 3. The molecule has 0 fully saturated rings. The number of aliphatic hydroxyl groups excluding tert-OH is 3. The summed E-state index contributed by atoms with van der Waals surface area (Å²) in [6.07, 6.45) is 3.50. The number of carbonyl (C=O) groups excluding carboxylic acids is 3. The Morgan fingerprint density at radius 2 is 0.658 bits per heavy atom. The minimum absolute atomic E-state index is 0. The second kappa shape index (κ2) is 38.0. The van der Waals surface area contributed by atoms with Gasteiger partial charge in [0.25, 0.3) is 0 Å². The van der Waals surface area contributed by atoms with Gasteiger partial charge in [-0.05, 0) is 164 Å². The number of hydrogen-bond acceptors (Lipinski definition) is 15. The summed E-state index contributed by atoms with van der Waals surface area (Å²) in [6, 6.07) is 85.7. The molecule has 0 atom stereocenters. The van der Waals surface area contributed by atoms with Gasteiger partial charge in [-0.3, -0.25) is 29.3 Å². The quantitative estimate of drug-likeness (QED) is 0.0705. The smallest absolute Gasteiger partial charge is 0.155 e. The fourth-order valence-corrected chi connectivity index (χ4v) is 16.8. The first kappa shape index (κ1) is 85.7. The first-order chi connectivity index (χ1) is 53.4. The Kier molecular flexibility index (Phi) is 28.5. The van der Waals surface area contributed by atoms with Crippen LogP contribution in [0.5, 0.6) is 0 Å². The van der Waals surface area contributed by atoms with Crippen LogP contribution in [-0.2, 0) is 74.7 Å². The maximum absolute atomic E-state index is 10.0. The second-order valence-electron chi connectivity index (χ2n) is 27.4. The Balaban J connectivity index is 0.000000159. The number of thiophene rings is 3. The Hall–Kier alpha value is -10.7. The number of pyridine rings is 3. The van der Waals surface area contributed by atoms with Gasteiger partial charge >= 0.3 is 0 Å². The molecule has 0 unspecified atom stereocenters. The molecule has 0 amide bonds. The third kappa shape index (κ3) is 20.1. The summed E-state index contributed by atoms with van der Waals surface area (Å²) in [5.41, 5.74) is 22.2. The van der Waals surface area contributed by atoms with Gasteiger partial charge < -0.3 is 28.6 Å². The predicted octanol–water partition coefficient (Wildman–Crippen LogP) is 26.9. The van der Waals surface area contributed by atoms with Crippen LogP contribution >= 0.6 is 34.0 Å². The van der Waals surface area contributed by atoms with Crippen molar-refractivity contribution in [3.8, 4) is 65.1 Å². The van der Waals surface area contributed by atoms with Crippen LogP contribution in [0, 0.1) is 59.7 Å². The molecule has 9 heterocycles. The third-order valence-corrected chi connectivity index (χ3v) is 21.2. The minimum Gasteiger partial charge on any atom is -0.512 e. The summed E-state index contributed by atoms with van der Waals surface area (Å²) < 4.78 is 18.6. The van der Waals surface area contributed by atoms with Crippen molar-refractivity contribution in [3.05, 3.63) is 305 Å². The number of aryl methyl sites for hydroxylation is 6. The fraction of sp³-hybridized carbons (Fsp3) is 0.125. The zero-order valence-corrected chi connectivity index (χ0v) is 74.0. The van der Waals surface area contributed by atoms with E-state index < -0.39 is 0 Å². The summed E-state index contributed by atoms with van der Waals surface area (Å²) in [5, 5.41) is 35.2. The molecule has 0 spiro atoms. The van der Waals surface area contributed by atoms with Gasteiger partial charge in [-0.25, -0.2) is 0 Å². The molecule has 3 N–H and O–H groups in total. The van der Waals surface area contributed by atoms with E-state index in [0.29, 0.717) is 0 Å². The van der Waals surface area contributed by atoms with E-state index in [-0.39, 0.29) is 94.9 Å². The average molecular weight is 2090 g/mol. The standard InChI is InChI=1S/C28H20NOS.C27H18NOS.C26H16NOS.3C5H8O2.3Ir/c1-16-13-17(2)26(18(3)14-16)25-15-19-11-12-23(29-28(19)31-25)22-9-6-8-21-20-7-4-5-10-24(20)30-27(21)22;1-16-12-17(2)14-19(13-16)25-15-18-10-11-23(28-27(18)30-25)22-8-5-7-21-20-6-3-4-9-24(20)29-26(21)22;1-16-9-11-17(12-10-16)24-15-18-13-14-22(27-26(18)29-24)21-7-4-6-20-19-5-2-3-8-23(19)28-25(20)21;3*1-4(6)3-5(2)7;;;/h4-8,10-15H,1-3H3;3-7,9-15H,1-2H3;2-6,8-15H,1H3;3*3,6H,1-2H3;;;/q3*-1;;;;;;. The van der Waals surface area contributed by atoms with Crippen LogP contribution in [0.25, 0.3) is 162 Å². The number of rotatable bonds is 9. The van der Waals surface area contributed by atoms with Crippen molar-refractivity contribution in [1.82, 2.24) is 15.0 Å². The van der Waals surface area contributed by atoms with E-state index in [4.69, 9.17) is 43.5 Å². The van der Waals surface area contributed by atoms with Gasteiger partial charge in [-0.1, -0.05) is 201 Å². The normalized spacial score (nSPS) is 11.3. The largest absolute Gasteiger partial charge is 0.512 e. The molecule has 0 aliphatic carbocycles. The Morgan fingerprint density at radius 1 is 0.342 bits per heavy atom. The molecule has 12 nitrogen and oxygen atoms in total. The van der Waals surface area contributed by atoms with Gasteiger partial charge in [0.2, 0.25) is 0 Å².